The minimum absolute atomic E-state index is 0.127. The normalized spacial score (nSPS) is 9.42. The topological polar surface area (TPSA) is 47.6 Å². The molecule has 0 aliphatic heterocycles. The first-order chi connectivity index (χ1) is 9.19. The van der Waals surface area contributed by atoms with Crippen molar-refractivity contribution in [3.05, 3.63) is 65.5 Å². The predicted octanol–water partition coefficient (Wildman–Crippen LogP) is 3.88. The monoisotopic (exact) mass is 248 g/mol. The van der Waals surface area contributed by atoms with Crippen LogP contribution in [0.25, 0.3) is 17.2 Å². The van der Waals surface area contributed by atoms with Crippen molar-refractivity contribution in [3.63, 3.8) is 0 Å². The van der Waals surface area contributed by atoms with Gasteiger partial charge in [-0.15, -0.1) is 0 Å². The summed E-state index contributed by atoms with van der Waals surface area (Å²) in [5, 5.41) is 17.8. The van der Waals surface area contributed by atoms with E-state index in [2.05, 4.69) is 6.58 Å². The molecule has 0 aliphatic carbocycles. The molecule has 0 aromatic heterocycles. The van der Waals surface area contributed by atoms with Gasteiger partial charge in [-0.1, -0.05) is 30.9 Å². The van der Waals surface area contributed by atoms with Crippen LogP contribution in [0.1, 0.15) is 16.7 Å². The molecule has 0 bridgehead atoms. The fourth-order valence-electron chi connectivity index (χ4n) is 1.80. The molecule has 19 heavy (non-hydrogen) atoms. The maximum absolute atomic E-state index is 13.7. The van der Waals surface area contributed by atoms with E-state index in [1.54, 1.807) is 18.2 Å². The van der Waals surface area contributed by atoms with Crippen LogP contribution < -0.4 is 0 Å². The summed E-state index contributed by atoms with van der Waals surface area (Å²) in [6.07, 6.45) is 1.70. The molecule has 0 N–H and O–H groups in total. The fraction of sp³-hybridized carbons (Fsp3) is 0. The molecule has 0 unspecified atom stereocenters. The van der Waals surface area contributed by atoms with Gasteiger partial charge in [-0.05, 0) is 34.9 Å². The second kappa shape index (κ2) is 5.16. The summed E-state index contributed by atoms with van der Waals surface area (Å²) in [6.45, 7) is 3.68. The summed E-state index contributed by atoms with van der Waals surface area (Å²) in [4.78, 5) is 0. The molecule has 0 radical (unpaired) electrons. The van der Waals surface area contributed by atoms with Gasteiger partial charge in [-0.2, -0.15) is 10.5 Å². The van der Waals surface area contributed by atoms with E-state index >= 15 is 0 Å². The van der Waals surface area contributed by atoms with Crippen molar-refractivity contribution in [1.29, 1.82) is 10.5 Å². The smallest absolute Gasteiger partial charge is 0.158 e. The third-order valence-electron chi connectivity index (χ3n) is 2.77. The number of hydrogen-bond acceptors (Lipinski definition) is 2. The first-order valence-corrected chi connectivity index (χ1v) is 5.56. The Hall–Kier alpha value is -2.91. The molecule has 0 amide bonds. The summed E-state index contributed by atoms with van der Waals surface area (Å²) >= 11 is 0. The van der Waals surface area contributed by atoms with Crippen molar-refractivity contribution in [3.8, 4) is 23.3 Å². The van der Waals surface area contributed by atoms with Crippen LogP contribution in [-0.2, 0) is 0 Å². The van der Waals surface area contributed by atoms with Gasteiger partial charge in [0, 0.05) is 0 Å². The zero-order chi connectivity index (χ0) is 13.8. The molecule has 0 fully saturated rings. The van der Waals surface area contributed by atoms with E-state index in [9.17, 15) is 4.39 Å². The molecule has 2 aromatic carbocycles. The summed E-state index contributed by atoms with van der Waals surface area (Å²) in [6, 6.07) is 13.8. The van der Waals surface area contributed by atoms with Gasteiger partial charge in [0.15, 0.2) is 5.82 Å². The molecule has 2 aromatic rings. The molecule has 90 valence electrons. The largest absolute Gasteiger partial charge is 0.204 e. The highest BCUT2D eigenvalue weighted by Gasteiger charge is 2.11. The highest BCUT2D eigenvalue weighted by Crippen LogP contribution is 2.25. The van der Waals surface area contributed by atoms with Crippen molar-refractivity contribution in [2.24, 2.45) is 0 Å². The summed E-state index contributed by atoms with van der Waals surface area (Å²) < 4.78 is 13.7. The van der Waals surface area contributed by atoms with Gasteiger partial charge in [-0.25, -0.2) is 4.39 Å². The molecule has 0 aliphatic rings. The first kappa shape index (κ1) is 12.5. The third kappa shape index (κ3) is 2.36. The van der Waals surface area contributed by atoms with E-state index in [0.717, 1.165) is 11.1 Å². The Kier molecular flexibility index (Phi) is 3.41. The number of nitriles is 2. The molecular formula is C16H9FN2. The van der Waals surface area contributed by atoms with Gasteiger partial charge in [0.1, 0.15) is 12.1 Å². The van der Waals surface area contributed by atoms with E-state index in [0.29, 0.717) is 5.56 Å². The lowest BCUT2D eigenvalue weighted by molar-refractivity contribution is 0.620. The van der Waals surface area contributed by atoms with Crippen LogP contribution in [0.15, 0.2) is 43.0 Å². The SMILES string of the molecule is C=Cc1cccc(-c2cc(C#N)c(F)c(C#N)c2)c1. The van der Waals surface area contributed by atoms with Crippen molar-refractivity contribution in [1.82, 2.24) is 0 Å². The van der Waals surface area contributed by atoms with Gasteiger partial charge in [0.05, 0.1) is 11.1 Å². The van der Waals surface area contributed by atoms with E-state index in [1.165, 1.54) is 12.1 Å². The summed E-state index contributed by atoms with van der Waals surface area (Å²) in [5.41, 5.74) is 2.11. The van der Waals surface area contributed by atoms with Crippen molar-refractivity contribution < 1.29 is 4.39 Å². The van der Waals surface area contributed by atoms with Crippen molar-refractivity contribution >= 4 is 6.08 Å². The van der Waals surface area contributed by atoms with Gasteiger partial charge in [0.2, 0.25) is 0 Å². The first-order valence-electron chi connectivity index (χ1n) is 5.56. The Morgan fingerprint density at radius 2 is 1.63 bits per heavy atom. The van der Waals surface area contributed by atoms with Crippen LogP contribution in [0.5, 0.6) is 0 Å². The molecular weight excluding hydrogens is 239 g/mol. The maximum atomic E-state index is 13.7. The molecule has 2 rings (SSSR count). The van der Waals surface area contributed by atoms with Gasteiger partial charge in [-0.3, -0.25) is 0 Å². The van der Waals surface area contributed by atoms with Crippen LogP contribution in [0.3, 0.4) is 0 Å². The standard InChI is InChI=1S/C16H9FN2/c1-2-11-4-3-5-12(6-11)13-7-14(9-18)16(17)15(8-13)10-19/h2-8H,1H2. The van der Waals surface area contributed by atoms with Crippen LogP contribution in [0.2, 0.25) is 0 Å². The minimum atomic E-state index is -0.770. The quantitative estimate of drug-likeness (QED) is 0.809. The molecule has 0 atom stereocenters. The highest BCUT2D eigenvalue weighted by atomic mass is 19.1. The second-order valence-corrected chi connectivity index (χ2v) is 3.94. The molecule has 0 spiro atoms. The van der Waals surface area contributed by atoms with E-state index in [1.807, 2.05) is 24.3 Å². The second-order valence-electron chi connectivity index (χ2n) is 3.94. The van der Waals surface area contributed by atoms with Crippen molar-refractivity contribution in [2.75, 3.05) is 0 Å². The lowest BCUT2D eigenvalue weighted by atomic mass is 9.98. The van der Waals surface area contributed by atoms with Gasteiger partial charge >= 0.3 is 0 Å². The Morgan fingerprint density at radius 3 is 2.16 bits per heavy atom. The number of halogens is 1. The average molecular weight is 248 g/mol. The van der Waals surface area contributed by atoms with Crippen LogP contribution in [-0.4, -0.2) is 0 Å². The molecule has 0 saturated carbocycles. The Balaban J connectivity index is 2.66. The number of nitrogens with zero attached hydrogens (tertiary/aromatic N) is 2. The van der Waals surface area contributed by atoms with Crippen LogP contribution >= 0.6 is 0 Å². The Morgan fingerprint density at radius 1 is 1.00 bits per heavy atom. The third-order valence-corrected chi connectivity index (χ3v) is 2.77. The number of rotatable bonds is 2. The maximum Gasteiger partial charge on any atom is 0.158 e. The zero-order valence-electron chi connectivity index (χ0n) is 10.0. The zero-order valence-corrected chi connectivity index (χ0v) is 10.0. The van der Waals surface area contributed by atoms with Crippen LogP contribution in [0, 0.1) is 28.5 Å². The lowest BCUT2D eigenvalue weighted by Crippen LogP contribution is -1.92. The highest BCUT2D eigenvalue weighted by molar-refractivity contribution is 5.70. The average Bonchev–Trinajstić information content (AvgIpc) is 2.47. The van der Waals surface area contributed by atoms with Crippen LogP contribution in [0.4, 0.5) is 4.39 Å². The molecule has 3 heteroatoms. The molecule has 2 nitrogen and oxygen atoms in total. The van der Waals surface area contributed by atoms with Gasteiger partial charge in [0.25, 0.3) is 0 Å². The fourth-order valence-corrected chi connectivity index (χ4v) is 1.80. The molecule has 0 saturated heterocycles. The summed E-state index contributed by atoms with van der Waals surface area (Å²) in [5.74, 6) is -0.770. The van der Waals surface area contributed by atoms with Crippen molar-refractivity contribution in [2.45, 2.75) is 0 Å². The van der Waals surface area contributed by atoms with Gasteiger partial charge < -0.3 is 0 Å². The Labute approximate surface area is 110 Å². The predicted molar refractivity (Wildman–Crippen MR) is 71.4 cm³/mol. The molecule has 0 heterocycles. The Bertz CT molecular complexity index is 698. The minimum Gasteiger partial charge on any atom is -0.204 e. The lowest BCUT2D eigenvalue weighted by Gasteiger charge is -2.05. The van der Waals surface area contributed by atoms with E-state index in [4.69, 9.17) is 10.5 Å². The van der Waals surface area contributed by atoms with E-state index < -0.39 is 5.82 Å². The van der Waals surface area contributed by atoms with E-state index in [-0.39, 0.29) is 11.1 Å². The number of benzene rings is 2. The number of hydrogen-bond donors (Lipinski definition) is 0. The summed E-state index contributed by atoms with van der Waals surface area (Å²) in [7, 11) is 0.